The van der Waals surface area contributed by atoms with Crippen molar-refractivity contribution in [3.05, 3.63) is 64.7 Å². The summed E-state index contributed by atoms with van der Waals surface area (Å²) in [5, 5.41) is 2.76. The van der Waals surface area contributed by atoms with Crippen LogP contribution in [0.4, 0.5) is 5.69 Å². The summed E-state index contributed by atoms with van der Waals surface area (Å²) < 4.78 is 5.11. The molecule has 0 aromatic heterocycles. The zero-order valence-electron chi connectivity index (χ0n) is 14.2. The third-order valence-corrected chi connectivity index (χ3v) is 4.42. The number of anilines is 1. The predicted molar refractivity (Wildman–Crippen MR) is 93.9 cm³/mol. The van der Waals surface area contributed by atoms with Gasteiger partial charge in [0, 0.05) is 11.3 Å². The fourth-order valence-corrected chi connectivity index (χ4v) is 2.76. The number of hydrogen-bond acceptors (Lipinski definition) is 4. The first-order valence-electron chi connectivity index (χ1n) is 8.23. The van der Waals surface area contributed by atoms with E-state index in [0.29, 0.717) is 11.1 Å². The molecule has 1 amide bonds. The second kappa shape index (κ2) is 6.89. The molecule has 0 spiro atoms. The largest absolute Gasteiger partial charge is 0.454 e. The van der Waals surface area contributed by atoms with E-state index in [9.17, 15) is 14.4 Å². The van der Waals surface area contributed by atoms with Crippen LogP contribution in [-0.2, 0) is 16.0 Å². The standard InChI is InChI=1S/C20H19NO4/c1-3-13-4-6-14(7-5-13)20(24)25-11-18(22)15-8-9-17-16(10-15)12(2)19(23)21-17/h4-10,12H,3,11H2,1-2H3,(H,21,23)/t12-/m1/s1. The summed E-state index contributed by atoms with van der Waals surface area (Å²) in [5.41, 5.74) is 3.49. The molecule has 0 saturated carbocycles. The van der Waals surface area contributed by atoms with Crippen LogP contribution in [-0.4, -0.2) is 24.3 Å². The normalized spacial score (nSPS) is 15.4. The molecule has 0 aliphatic carbocycles. The minimum Gasteiger partial charge on any atom is -0.454 e. The number of carbonyl (C=O) groups excluding carboxylic acids is 3. The van der Waals surface area contributed by atoms with Gasteiger partial charge in [0.1, 0.15) is 0 Å². The summed E-state index contributed by atoms with van der Waals surface area (Å²) in [6, 6.07) is 12.1. The average molecular weight is 337 g/mol. The third-order valence-electron chi connectivity index (χ3n) is 4.42. The smallest absolute Gasteiger partial charge is 0.338 e. The molecule has 3 rings (SSSR count). The number of nitrogens with one attached hydrogen (secondary N) is 1. The second-order valence-corrected chi connectivity index (χ2v) is 6.06. The Labute approximate surface area is 146 Å². The van der Waals surface area contributed by atoms with Crippen LogP contribution in [0.5, 0.6) is 0 Å². The maximum Gasteiger partial charge on any atom is 0.338 e. The van der Waals surface area contributed by atoms with E-state index in [4.69, 9.17) is 4.74 Å². The van der Waals surface area contributed by atoms with Gasteiger partial charge >= 0.3 is 5.97 Å². The van der Waals surface area contributed by atoms with E-state index in [2.05, 4.69) is 5.32 Å². The number of ether oxygens (including phenoxy) is 1. The first-order valence-corrected chi connectivity index (χ1v) is 8.23. The van der Waals surface area contributed by atoms with E-state index in [1.807, 2.05) is 19.1 Å². The summed E-state index contributed by atoms with van der Waals surface area (Å²) in [6.07, 6.45) is 0.891. The lowest BCUT2D eigenvalue weighted by molar-refractivity contribution is -0.116. The first-order chi connectivity index (χ1) is 12.0. The molecular weight excluding hydrogens is 318 g/mol. The number of benzene rings is 2. The Kier molecular flexibility index (Phi) is 4.65. The van der Waals surface area contributed by atoms with Crippen molar-refractivity contribution in [1.29, 1.82) is 0 Å². The van der Waals surface area contributed by atoms with Crippen molar-refractivity contribution in [3.63, 3.8) is 0 Å². The number of ketones is 1. The van der Waals surface area contributed by atoms with Crippen molar-refractivity contribution in [2.24, 2.45) is 0 Å². The van der Waals surface area contributed by atoms with Gasteiger partial charge < -0.3 is 10.1 Å². The lowest BCUT2D eigenvalue weighted by Crippen LogP contribution is -2.14. The van der Waals surface area contributed by atoms with Gasteiger partial charge in [0.05, 0.1) is 11.5 Å². The Morgan fingerprint density at radius 1 is 1.08 bits per heavy atom. The van der Waals surface area contributed by atoms with Crippen LogP contribution < -0.4 is 5.32 Å². The molecule has 0 saturated heterocycles. The van der Waals surface area contributed by atoms with E-state index >= 15 is 0 Å². The van der Waals surface area contributed by atoms with Gasteiger partial charge in [-0.05, 0) is 54.8 Å². The third kappa shape index (κ3) is 3.45. The molecule has 5 nitrogen and oxygen atoms in total. The van der Waals surface area contributed by atoms with Crippen molar-refractivity contribution in [2.45, 2.75) is 26.2 Å². The fourth-order valence-electron chi connectivity index (χ4n) is 2.76. The zero-order valence-corrected chi connectivity index (χ0v) is 14.2. The Balaban J connectivity index is 1.65. The maximum atomic E-state index is 12.3. The molecular formula is C20H19NO4. The topological polar surface area (TPSA) is 72.5 Å². The summed E-state index contributed by atoms with van der Waals surface area (Å²) in [5.74, 6) is -1.20. The highest BCUT2D eigenvalue weighted by Gasteiger charge is 2.27. The van der Waals surface area contributed by atoms with Gasteiger partial charge in [-0.15, -0.1) is 0 Å². The van der Waals surface area contributed by atoms with E-state index in [-0.39, 0.29) is 24.2 Å². The van der Waals surface area contributed by atoms with Gasteiger partial charge in [-0.1, -0.05) is 19.1 Å². The average Bonchev–Trinajstić information content (AvgIpc) is 2.93. The number of carbonyl (C=O) groups is 3. The molecule has 0 bridgehead atoms. The molecule has 0 fully saturated rings. The number of hydrogen-bond donors (Lipinski definition) is 1. The number of esters is 1. The molecule has 1 heterocycles. The number of rotatable bonds is 5. The predicted octanol–water partition coefficient (Wildman–Crippen LogP) is 3.34. The van der Waals surface area contributed by atoms with Gasteiger partial charge in [-0.25, -0.2) is 4.79 Å². The van der Waals surface area contributed by atoms with Crippen LogP contribution in [0.25, 0.3) is 0 Å². The minimum atomic E-state index is -0.526. The number of amides is 1. The lowest BCUT2D eigenvalue weighted by atomic mass is 9.99. The molecule has 1 atom stereocenters. The molecule has 5 heteroatoms. The van der Waals surface area contributed by atoms with Gasteiger partial charge in [-0.3, -0.25) is 9.59 Å². The van der Waals surface area contributed by atoms with Crippen LogP contribution in [0.15, 0.2) is 42.5 Å². The Hall–Kier alpha value is -2.95. The van der Waals surface area contributed by atoms with E-state index in [1.165, 1.54) is 0 Å². The maximum absolute atomic E-state index is 12.3. The monoisotopic (exact) mass is 337 g/mol. The quantitative estimate of drug-likeness (QED) is 0.671. The molecule has 1 aliphatic rings. The second-order valence-electron chi connectivity index (χ2n) is 6.06. The SMILES string of the molecule is CCc1ccc(C(=O)OCC(=O)c2ccc3c(c2)[C@@H](C)C(=O)N3)cc1. The Morgan fingerprint density at radius 2 is 1.76 bits per heavy atom. The van der Waals surface area contributed by atoms with Gasteiger partial charge in [0.2, 0.25) is 5.91 Å². The van der Waals surface area contributed by atoms with Crippen molar-refractivity contribution in [2.75, 3.05) is 11.9 Å². The highest BCUT2D eigenvalue weighted by Crippen LogP contribution is 2.32. The number of Topliss-reactive ketones (excluding diaryl/α,β-unsaturated/α-hetero) is 1. The van der Waals surface area contributed by atoms with Crippen LogP contribution in [0.1, 0.15) is 51.6 Å². The first kappa shape index (κ1) is 16.9. The fraction of sp³-hybridized carbons (Fsp3) is 0.250. The van der Waals surface area contributed by atoms with Crippen LogP contribution in [0, 0.1) is 0 Å². The molecule has 25 heavy (non-hydrogen) atoms. The minimum absolute atomic E-state index is 0.0819. The number of fused-ring (bicyclic) bond motifs is 1. The van der Waals surface area contributed by atoms with E-state index in [1.54, 1.807) is 37.3 Å². The summed E-state index contributed by atoms with van der Waals surface area (Å²) in [6.45, 7) is 3.49. The van der Waals surface area contributed by atoms with Crippen molar-refractivity contribution in [3.8, 4) is 0 Å². The molecule has 2 aromatic carbocycles. The van der Waals surface area contributed by atoms with Crippen molar-refractivity contribution >= 4 is 23.3 Å². The highest BCUT2D eigenvalue weighted by molar-refractivity contribution is 6.05. The Morgan fingerprint density at radius 3 is 2.44 bits per heavy atom. The summed E-state index contributed by atoms with van der Waals surface area (Å²) in [7, 11) is 0. The van der Waals surface area contributed by atoms with Crippen molar-refractivity contribution in [1.82, 2.24) is 0 Å². The zero-order chi connectivity index (χ0) is 18.0. The van der Waals surface area contributed by atoms with Crippen LogP contribution in [0.2, 0.25) is 0 Å². The van der Waals surface area contributed by atoms with Gasteiger partial charge in [0.25, 0.3) is 0 Å². The van der Waals surface area contributed by atoms with Crippen LogP contribution in [0.3, 0.4) is 0 Å². The van der Waals surface area contributed by atoms with Crippen molar-refractivity contribution < 1.29 is 19.1 Å². The van der Waals surface area contributed by atoms with Gasteiger partial charge in [-0.2, -0.15) is 0 Å². The summed E-state index contributed by atoms with van der Waals surface area (Å²) >= 11 is 0. The molecule has 1 aliphatic heterocycles. The lowest BCUT2D eigenvalue weighted by Gasteiger charge is -2.07. The molecule has 128 valence electrons. The molecule has 0 radical (unpaired) electrons. The Bertz CT molecular complexity index is 839. The van der Waals surface area contributed by atoms with Crippen LogP contribution >= 0.6 is 0 Å². The molecule has 0 unspecified atom stereocenters. The number of aryl methyl sites for hydroxylation is 1. The molecule has 1 N–H and O–H groups in total. The van der Waals surface area contributed by atoms with E-state index < -0.39 is 5.97 Å². The highest BCUT2D eigenvalue weighted by atomic mass is 16.5. The molecule has 2 aromatic rings. The van der Waals surface area contributed by atoms with E-state index in [0.717, 1.165) is 23.2 Å². The van der Waals surface area contributed by atoms with Gasteiger partial charge in [0.15, 0.2) is 12.4 Å². The summed E-state index contributed by atoms with van der Waals surface area (Å²) in [4.78, 5) is 36.0.